The molecule has 7 heteroatoms. The highest BCUT2D eigenvalue weighted by Gasteiger charge is 2.08. The first-order chi connectivity index (χ1) is 7.27. The van der Waals surface area contributed by atoms with E-state index in [1.54, 1.807) is 12.5 Å². The van der Waals surface area contributed by atoms with Gasteiger partial charge in [0.15, 0.2) is 0 Å². The molecule has 0 radical (unpaired) electrons. The number of carbonyl (C=O) groups excluding carboxylic acids is 1. The molecule has 0 fully saturated rings. The average molecular weight is 266 g/mol. The lowest BCUT2D eigenvalue weighted by Gasteiger charge is -2.01. The van der Waals surface area contributed by atoms with Crippen molar-refractivity contribution in [2.75, 3.05) is 20.3 Å². The highest BCUT2D eigenvalue weighted by Crippen LogP contribution is 2.08. The molecule has 0 unspecified atom stereocenters. The van der Waals surface area contributed by atoms with Crippen LogP contribution in [0.15, 0.2) is 5.38 Å². The molecule has 0 bridgehead atoms. The van der Waals surface area contributed by atoms with Crippen LogP contribution >= 0.6 is 23.7 Å². The summed E-state index contributed by atoms with van der Waals surface area (Å²) in [7, 11) is 1.63. The number of thiazole rings is 1. The minimum Gasteiger partial charge on any atom is -0.385 e. The normalized spacial score (nSPS) is 9.62. The zero-order valence-corrected chi connectivity index (χ0v) is 10.7. The van der Waals surface area contributed by atoms with Crippen molar-refractivity contribution in [1.29, 1.82) is 0 Å². The number of rotatable bonds is 6. The summed E-state index contributed by atoms with van der Waals surface area (Å²) in [6, 6.07) is 0. The molecule has 0 aliphatic rings. The molecule has 16 heavy (non-hydrogen) atoms. The quantitative estimate of drug-likeness (QED) is 0.746. The molecule has 92 valence electrons. The molecule has 0 saturated heterocycles. The van der Waals surface area contributed by atoms with Crippen LogP contribution in [0.4, 0.5) is 0 Å². The van der Waals surface area contributed by atoms with E-state index in [1.165, 1.54) is 11.3 Å². The van der Waals surface area contributed by atoms with Gasteiger partial charge in [-0.25, -0.2) is 4.98 Å². The minimum absolute atomic E-state index is 0. The second-order valence-corrected chi connectivity index (χ2v) is 3.88. The molecule has 0 aromatic carbocycles. The zero-order chi connectivity index (χ0) is 11.1. The smallest absolute Gasteiger partial charge is 0.270 e. The number of nitrogens with one attached hydrogen (secondary N) is 1. The summed E-state index contributed by atoms with van der Waals surface area (Å²) in [5.41, 5.74) is 5.85. The number of aromatic nitrogens is 1. The van der Waals surface area contributed by atoms with Crippen molar-refractivity contribution < 1.29 is 9.53 Å². The van der Waals surface area contributed by atoms with E-state index in [0.717, 1.165) is 11.4 Å². The standard InChI is InChI=1S/C9H15N3O2S.ClH/c1-14-4-2-3-11-9(13)7-6-15-8(5-10)12-7;/h6H,2-5,10H2,1H3,(H,11,13);1H. The maximum absolute atomic E-state index is 11.5. The van der Waals surface area contributed by atoms with Crippen LogP contribution in [0.1, 0.15) is 21.9 Å². The highest BCUT2D eigenvalue weighted by molar-refractivity contribution is 7.09. The third-order valence-corrected chi connectivity index (χ3v) is 2.64. The largest absolute Gasteiger partial charge is 0.385 e. The predicted octanol–water partition coefficient (Wildman–Crippen LogP) is 0.790. The van der Waals surface area contributed by atoms with Gasteiger partial charge in [-0.3, -0.25) is 4.79 Å². The van der Waals surface area contributed by atoms with Crippen molar-refractivity contribution in [2.45, 2.75) is 13.0 Å². The molecule has 0 atom stereocenters. The number of methoxy groups -OCH3 is 1. The predicted molar refractivity (Wildman–Crippen MR) is 66.1 cm³/mol. The molecule has 3 N–H and O–H groups in total. The summed E-state index contributed by atoms with van der Waals surface area (Å²) in [4.78, 5) is 15.6. The van der Waals surface area contributed by atoms with E-state index >= 15 is 0 Å². The van der Waals surface area contributed by atoms with Gasteiger partial charge in [0.05, 0.1) is 0 Å². The second kappa shape index (κ2) is 8.46. The van der Waals surface area contributed by atoms with E-state index in [2.05, 4.69) is 10.3 Å². The molecule has 1 heterocycles. The van der Waals surface area contributed by atoms with Gasteiger partial charge in [0.2, 0.25) is 0 Å². The highest BCUT2D eigenvalue weighted by atomic mass is 35.5. The first kappa shape index (κ1) is 15.3. The van der Waals surface area contributed by atoms with Gasteiger partial charge in [-0.05, 0) is 6.42 Å². The molecule has 0 spiro atoms. The molecule has 0 aliphatic heterocycles. The average Bonchev–Trinajstić information content (AvgIpc) is 2.72. The van der Waals surface area contributed by atoms with Crippen LogP contribution in [-0.4, -0.2) is 31.2 Å². The molecule has 1 aromatic heterocycles. The summed E-state index contributed by atoms with van der Waals surface area (Å²) < 4.78 is 4.87. The molecule has 1 aromatic rings. The maximum atomic E-state index is 11.5. The van der Waals surface area contributed by atoms with Crippen molar-refractivity contribution in [3.63, 3.8) is 0 Å². The number of carbonyl (C=O) groups is 1. The van der Waals surface area contributed by atoms with E-state index in [9.17, 15) is 4.79 Å². The number of halogens is 1. The SMILES string of the molecule is COCCCNC(=O)c1csc(CN)n1.Cl. The first-order valence-corrected chi connectivity index (χ1v) is 5.57. The lowest BCUT2D eigenvalue weighted by atomic mass is 10.4. The van der Waals surface area contributed by atoms with Crippen LogP contribution in [0, 0.1) is 0 Å². The number of nitrogens with zero attached hydrogens (tertiary/aromatic N) is 1. The molecule has 1 amide bonds. The van der Waals surface area contributed by atoms with Gasteiger partial charge in [-0.15, -0.1) is 23.7 Å². The van der Waals surface area contributed by atoms with Gasteiger partial charge in [0.25, 0.3) is 5.91 Å². The third kappa shape index (κ3) is 4.89. The van der Waals surface area contributed by atoms with Crippen molar-refractivity contribution >= 4 is 29.7 Å². The number of amides is 1. The Balaban J connectivity index is 0.00000225. The van der Waals surface area contributed by atoms with Gasteiger partial charge in [0.1, 0.15) is 10.7 Å². The Morgan fingerprint density at radius 3 is 3.00 bits per heavy atom. The zero-order valence-electron chi connectivity index (χ0n) is 9.06. The van der Waals surface area contributed by atoms with Crippen molar-refractivity contribution in [2.24, 2.45) is 5.73 Å². The number of hydrogen-bond acceptors (Lipinski definition) is 5. The summed E-state index contributed by atoms with van der Waals surface area (Å²) in [5.74, 6) is -0.151. The Morgan fingerprint density at radius 1 is 1.69 bits per heavy atom. The van der Waals surface area contributed by atoms with Crippen LogP contribution in [0.2, 0.25) is 0 Å². The van der Waals surface area contributed by atoms with E-state index in [0.29, 0.717) is 25.4 Å². The molecule has 5 nitrogen and oxygen atoms in total. The first-order valence-electron chi connectivity index (χ1n) is 4.69. The van der Waals surface area contributed by atoms with Crippen LogP contribution in [0.5, 0.6) is 0 Å². The Labute approximate surface area is 105 Å². The van der Waals surface area contributed by atoms with Gasteiger partial charge in [0, 0.05) is 32.2 Å². The van der Waals surface area contributed by atoms with Gasteiger partial charge in [-0.2, -0.15) is 0 Å². The Morgan fingerprint density at radius 2 is 2.44 bits per heavy atom. The topological polar surface area (TPSA) is 77.2 Å². The van der Waals surface area contributed by atoms with Gasteiger partial charge >= 0.3 is 0 Å². The van der Waals surface area contributed by atoms with E-state index in [1.807, 2.05) is 0 Å². The fraction of sp³-hybridized carbons (Fsp3) is 0.556. The van der Waals surface area contributed by atoms with Crippen molar-refractivity contribution in [1.82, 2.24) is 10.3 Å². The van der Waals surface area contributed by atoms with Crippen LogP contribution < -0.4 is 11.1 Å². The molecule has 0 saturated carbocycles. The summed E-state index contributed by atoms with van der Waals surface area (Å²) in [6.07, 6.45) is 0.802. The Kier molecular flexibility index (Phi) is 8.10. The third-order valence-electron chi connectivity index (χ3n) is 1.77. The summed E-state index contributed by atoms with van der Waals surface area (Å²) in [6.45, 7) is 1.62. The monoisotopic (exact) mass is 265 g/mol. The maximum Gasteiger partial charge on any atom is 0.270 e. The molecular weight excluding hydrogens is 250 g/mol. The molecule has 1 rings (SSSR count). The fourth-order valence-corrected chi connectivity index (χ4v) is 1.67. The summed E-state index contributed by atoms with van der Waals surface area (Å²) in [5, 5.41) is 5.25. The lowest BCUT2D eigenvalue weighted by molar-refractivity contribution is 0.0944. The number of nitrogens with two attached hydrogens (primary N) is 1. The van der Waals surface area contributed by atoms with Gasteiger partial charge < -0.3 is 15.8 Å². The van der Waals surface area contributed by atoms with E-state index in [-0.39, 0.29) is 18.3 Å². The number of hydrogen-bond donors (Lipinski definition) is 2. The molecule has 0 aliphatic carbocycles. The summed E-state index contributed by atoms with van der Waals surface area (Å²) >= 11 is 1.40. The van der Waals surface area contributed by atoms with Crippen LogP contribution in [0.3, 0.4) is 0 Å². The van der Waals surface area contributed by atoms with Crippen molar-refractivity contribution in [3.8, 4) is 0 Å². The second-order valence-electron chi connectivity index (χ2n) is 2.93. The number of ether oxygens (including phenoxy) is 1. The lowest BCUT2D eigenvalue weighted by Crippen LogP contribution is -2.25. The Hall–Kier alpha value is -0.690. The van der Waals surface area contributed by atoms with E-state index < -0.39 is 0 Å². The van der Waals surface area contributed by atoms with Gasteiger partial charge in [-0.1, -0.05) is 0 Å². The minimum atomic E-state index is -0.151. The van der Waals surface area contributed by atoms with Crippen molar-refractivity contribution in [3.05, 3.63) is 16.1 Å². The van der Waals surface area contributed by atoms with Crippen LogP contribution in [-0.2, 0) is 11.3 Å². The van der Waals surface area contributed by atoms with Crippen LogP contribution in [0.25, 0.3) is 0 Å². The van der Waals surface area contributed by atoms with E-state index in [4.69, 9.17) is 10.5 Å². The fourth-order valence-electron chi connectivity index (χ4n) is 1.02. The molecular formula is C9H16ClN3O2S. The Bertz CT molecular complexity index is 319.